The summed E-state index contributed by atoms with van der Waals surface area (Å²) >= 11 is 0. The summed E-state index contributed by atoms with van der Waals surface area (Å²) in [6.07, 6.45) is 76.8. The van der Waals surface area contributed by atoms with Crippen LogP contribution in [0.1, 0.15) is 342 Å². The summed E-state index contributed by atoms with van der Waals surface area (Å²) in [5.41, 5.74) is 0. The van der Waals surface area contributed by atoms with Gasteiger partial charge in [0, 0.05) is 19.3 Å². The van der Waals surface area contributed by atoms with E-state index in [0.717, 1.165) is 89.9 Å². The molecule has 0 spiro atoms. The van der Waals surface area contributed by atoms with Crippen LogP contribution in [0.3, 0.4) is 0 Å². The minimum atomic E-state index is -0.783. The number of carbonyl (C=O) groups is 3. The maximum atomic E-state index is 12.9. The molecule has 0 aromatic heterocycles. The predicted molar refractivity (Wildman–Crippen MR) is 316 cm³/mol. The summed E-state index contributed by atoms with van der Waals surface area (Å²) in [5, 5.41) is 0. The van der Waals surface area contributed by atoms with E-state index in [-0.39, 0.29) is 31.1 Å². The van der Waals surface area contributed by atoms with Gasteiger partial charge in [0.25, 0.3) is 0 Å². The van der Waals surface area contributed by atoms with Crippen LogP contribution in [0.25, 0.3) is 0 Å². The summed E-state index contributed by atoms with van der Waals surface area (Å²) in [5.74, 6) is -0.878. The number of esters is 3. The lowest BCUT2D eigenvalue weighted by molar-refractivity contribution is -0.167. The quantitative estimate of drug-likeness (QED) is 0.0261. The molecule has 1 atom stereocenters. The number of ether oxygens (including phenoxy) is 3. The van der Waals surface area contributed by atoms with Crippen LogP contribution in [-0.2, 0) is 28.6 Å². The summed E-state index contributed by atoms with van der Waals surface area (Å²) < 4.78 is 16.9. The molecular formula is C67H122O6. The largest absolute Gasteiger partial charge is 0.462 e. The summed E-state index contributed by atoms with van der Waals surface area (Å²) in [6.45, 7) is 6.65. The molecule has 0 aliphatic carbocycles. The molecule has 0 fully saturated rings. The molecule has 0 rings (SSSR count). The Morgan fingerprint density at radius 1 is 0.274 bits per heavy atom. The van der Waals surface area contributed by atoms with Crippen LogP contribution in [0.2, 0.25) is 0 Å². The van der Waals surface area contributed by atoms with E-state index in [1.54, 1.807) is 0 Å². The SMILES string of the molecule is CCCCC/C=C\C/C=C\C/C=C\CCCCCCCCC(=O)OC(COC(=O)CCCCCCC/C=C\CCCCCCCCC)COC(=O)CCCCCCCCCCCCCCCCCCCCCC. The second-order valence-corrected chi connectivity index (χ2v) is 21.7. The number of unbranched alkanes of at least 4 members (excludes halogenated alkanes) is 40. The Morgan fingerprint density at radius 3 is 0.808 bits per heavy atom. The number of carbonyl (C=O) groups excluding carboxylic acids is 3. The number of allylic oxidation sites excluding steroid dienone is 8. The summed E-state index contributed by atoms with van der Waals surface area (Å²) in [4.78, 5) is 38.3. The smallest absolute Gasteiger partial charge is 0.306 e. The van der Waals surface area contributed by atoms with E-state index in [1.807, 2.05) is 0 Å². The topological polar surface area (TPSA) is 78.9 Å². The average Bonchev–Trinajstić information content (AvgIpc) is 3.39. The maximum Gasteiger partial charge on any atom is 0.306 e. The van der Waals surface area contributed by atoms with Gasteiger partial charge in [-0.15, -0.1) is 0 Å². The second kappa shape index (κ2) is 61.9. The van der Waals surface area contributed by atoms with E-state index >= 15 is 0 Å². The van der Waals surface area contributed by atoms with Crippen molar-refractivity contribution in [2.24, 2.45) is 0 Å². The molecule has 0 amide bonds. The zero-order valence-corrected chi connectivity index (χ0v) is 48.9. The highest BCUT2D eigenvalue weighted by Crippen LogP contribution is 2.17. The van der Waals surface area contributed by atoms with Crippen molar-refractivity contribution in [1.82, 2.24) is 0 Å². The van der Waals surface area contributed by atoms with E-state index in [4.69, 9.17) is 14.2 Å². The van der Waals surface area contributed by atoms with Crippen molar-refractivity contribution in [1.29, 1.82) is 0 Å². The first kappa shape index (κ1) is 70.4. The molecule has 0 aliphatic heterocycles. The average molecular weight is 1020 g/mol. The molecule has 0 aliphatic rings. The highest BCUT2D eigenvalue weighted by Gasteiger charge is 2.19. The fourth-order valence-corrected chi connectivity index (χ4v) is 9.45. The third kappa shape index (κ3) is 60.1. The van der Waals surface area contributed by atoms with Crippen LogP contribution >= 0.6 is 0 Å². The molecule has 73 heavy (non-hydrogen) atoms. The molecule has 1 unspecified atom stereocenters. The minimum Gasteiger partial charge on any atom is -0.462 e. The highest BCUT2D eigenvalue weighted by molar-refractivity contribution is 5.71. The molecule has 0 N–H and O–H groups in total. The van der Waals surface area contributed by atoms with Crippen LogP contribution in [0.4, 0.5) is 0 Å². The van der Waals surface area contributed by atoms with E-state index in [2.05, 4.69) is 69.4 Å². The van der Waals surface area contributed by atoms with Crippen molar-refractivity contribution in [3.05, 3.63) is 48.6 Å². The first-order valence-corrected chi connectivity index (χ1v) is 32.1. The standard InChI is InChI=1S/C67H122O6/c1-4-7-10-13-16-19-22-25-28-31-33-35-36-39-42-45-48-51-54-57-60-66(69)72-63-64(62-71-65(68)59-56-53-50-47-44-41-38-30-27-24-21-18-15-12-9-6-3)73-67(70)61-58-55-52-49-46-43-40-37-34-32-29-26-23-20-17-14-11-8-5-2/h17,20,26,29-30,34,37-38,64H,4-16,18-19,21-25,27-28,31-33,35-36,39-63H2,1-3H3/b20-17-,29-26-,37-34-,38-30-. The Bertz CT molecular complexity index is 1270. The van der Waals surface area contributed by atoms with Crippen molar-refractivity contribution in [3.8, 4) is 0 Å². The maximum absolute atomic E-state index is 12.9. The van der Waals surface area contributed by atoms with E-state index < -0.39 is 6.10 Å². The first-order valence-electron chi connectivity index (χ1n) is 32.1. The normalized spacial score (nSPS) is 12.3. The lowest BCUT2D eigenvalue weighted by atomic mass is 10.0. The van der Waals surface area contributed by atoms with Gasteiger partial charge in [0.15, 0.2) is 6.10 Å². The monoisotopic (exact) mass is 1020 g/mol. The van der Waals surface area contributed by atoms with Crippen LogP contribution in [0.5, 0.6) is 0 Å². The number of hydrogen-bond donors (Lipinski definition) is 0. The molecule has 0 saturated carbocycles. The Hall–Kier alpha value is -2.63. The van der Waals surface area contributed by atoms with Gasteiger partial charge in [-0.25, -0.2) is 0 Å². The van der Waals surface area contributed by atoms with Crippen molar-refractivity contribution in [2.75, 3.05) is 13.2 Å². The van der Waals surface area contributed by atoms with Gasteiger partial charge < -0.3 is 14.2 Å². The fourth-order valence-electron chi connectivity index (χ4n) is 9.45. The molecule has 0 saturated heterocycles. The number of rotatable bonds is 59. The van der Waals surface area contributed by atoms with Crippen molar-refractivity contribution < 1.29 is 28.6 Å². The zero-order chi connectivity index (χ0) is 52.9. The molecule has 0 heterocycles. The third-order valence-electron chi connectivity index (χ3n) is 14.3. The van der Waals surface area contributed by atoms with Gasteiger partial charge in [0.05, 0.1) is 0 Å². The zero-order valence-electron chi connectivity index (χ0n) is 48.9. The van der Waals surface area contributed by atoms with Gasteiger partial charge in [0.1, 0.15) is 13.2 Å². The second-order valence-electron chi connectivity index (χ2n) is 21.7. The Balaban J connectivity index is 4.36. The summed E-state index contributed by atoms with van der Waals surface area (Å²) in [6, 6.07) is 0. The molecular weight excluding hydrogens is 901 g/mol. The number of hydrogen-bond acceptors (Lipinski definition) is 6. The fraction of sp³-hybridized carbons (Fsp3) is 0.836. The van der Waals surface area contributed by atoms with Gasteiger partial charge >= 0.3 is 17.9 Å². The lowest BCUT2D eigenvalue weighted by Crippen LogP contribution is -2.30. The van der Waals surface area contributed by atoms with E-state index in [0.29, 0.717) is 19.3 Å². The van der Waals surface area contributed by atoms with E-state index in [9.17, 15) is 14.4 Å². The van der Waals surface area contributed by atoms with Crippen LogP contribution in [0, 0.1) is 0 Å². The van der Waals surface area contributed by atoms with Crippen molar-refractivity contribution >= 4 is 17.9 Å². The summed E-state index contributed by atoms with van der Waals surface area (Å²) in [7, 11) is 0. The van der Waals surface area contributed by atoms with Gasteiger partial charge in [-0.2, -0.15) is 0 Å². The van der Waals surface area contributed by atoms with E-state index in [1.165, 1.54) is 212 Å². The van der Waals surface area contributed by atoms with Crippen molar-refractivity contribution in [3.63, 3.8) is 0 Å². The highest BCUT2D eigenvalue weighted by atomic mass is 16.6. The molecule has 6 heteroatoms. The Kier molecular flexibility index (Phi) is 59.7. The first-order chi connectivity index (χ1) is 36.0. The predicted octanol–water partition coefficient (Wildman–Crippen LogP) is 21.8. The van der Waals surface area contributed by atoms with Gasteiger partial charge in [-0.05, 0) is 83.5 Å². The molecule has 0 bridgehead atoms. The molecule has 6 nitrogen and oxygen atoms in total. The molecule has 0 radical (unpaired) electrons. The van der Waals surface area contributed by atoms with Crippen LogP contribution in [0.15, 0.2) is 48.6 Å². The van der Waals surface area contributed by atoms with Gasteiger partial charge in [0.2, 0.25) is 0 Å². The van der Waals surface area contributed by atoms with Crippen molar-refractivity contribution in [2.45, 2.75) is 348 Å². The Labute approximate surface area is 454 Å². The van der Waals surface area contributed by atoms with Gasteiger partial charge in [-0.1, -0.05) is 288 Å². The Morgan fingerprint density at radius 2 is 0.493 bits per heavy atom. The molecule has 0 aromatic carbocycles. The van der Waals surface area contributed by atoms with Gasteiger partial charge in [-0.3, -0.25) is 14.4 Å². The third-order valence-corrected chi connectivity index (χ3v) is 14.3. The minimum absolute atomic E-state index is 0.0776. The lowest BCUT2D eigenvalue weighted by Gasteiger charge is -2.18. The molecule has 0 aromatic rings. The van der Waals surface area contributed by atoms with Crippen LogP contribution in [-0.4, -0.2) is 37.2 Å². The van der Waals surface area contributed by atoms with Crippen LogP contribution < -0.4 is 0 Å². The molecule has 426 valence electrons.